The van der Waals surface area contributed by atoms with Crippen LogP contribution in [0.4, 0.5) is 0 Å². The molecule has 0 aromatic rings. The molecule has 0 rings (SSSR count). The van der Waals surface area contributed by atoms with Gasteiger partial charge in [-0.2, -0.15) is 0 Å². The Morgan fingerprint density at radius 2 is 0.692 bits per heavy atom. The quantitative estimate of drug-likeness (QED) is 0.106. The van der Waals surface area contributed by atoms with Gasteiger partial charge in [0.25, 0.3) is 0 Å². The Kier molecular flexibility index (Phi) is 25.0. The first-order chi connectivity index (χ1) is 12.9. The molecule has 0 saturated carbocycles. The van der Waals surface area contributed by atoms with E-state index in [4.69, 9.17) is 0 Å². The molecule has 1 unspecified atom stereocenters. The maximum atomic E-state index is 3.12. The van der Waals surface area contributed by atoms with Crippen LogP contribution in [0.15, 0.2) is 0 Å². The first-order valence-corrected chi connectivity index (χ1v) is 12.7. The summed E-state index contributed by atoms with van der Waals surface area (Å²) < 4.78 is 0. The van der Waals surface area contributed by atoms with E-state index in [1.165, 1.54) is 135 Å². The molecular weight excluding hydrogens is 331 g/mol. The van der Waals surface area contributed by atoms with Crippen LogP contribution >= 0.6 is 9.24 Å². The van der Waals surface area contributed by atoms with Crippen LogP contribution in [-0.4, -0.2) is 0 Å². The zero-order chi connectivity index (χ0) is 19.0. The van der Waals surface area contributed by atoms with Gasteiger partial charge in [-0.15, -0.1) is 0 Å². The van der Waals surface area contributed by atoms with Crippen molar-refractivity contribution in [1.82, 2.24) is 0 Å². The zero-order valence-electron chi connectivity index (χ0n) is 18.1. The van der Waals surface area contributed by atoms with Crippen LogP contribution in [0.2, 0.25) is 0 Å². The standard InChI is InChI=1S/C25H49P/c1-2-3-4-5-6-7-8-9-10-11-12-13-14-15-16-17-18-19-20-21-22-23-24-25-26/h2-23,26H2,1H3. The minimum atomic E-state index is 1.09. The molecule has 0 saturated heterocycles. The highest BCUT2D eigenvalue weighted by molar-refractivity contribution is 7.23. The Morgan fingerprint density at radius 1 is 0.423 bits per heavy atom. The maximum Gasteiger partial charge on any atom is 0.00919 e. The molecule has 0 bridgehead atoms. The SMILES string of the molecule is CCCCCCCCCCCCCCCCCCCCCCCC#CP. The first kappa shape index (κ1) is 26.0. The predicted octanol–water partition coefficient (Wildman–Crippen LogP) is 9.42. The van der Waals surface area contributed by atoms with Gasteiger partial charge in [-0.1, -0.05) is 156 Å². The smallest absolute Gasteiger partial charge is 0.00919 e. The van der Waals surface area contributed by atoms with Gasteiger partial charge in [-0.3, -0.25) is 0 Å². The largest absolute Gasteiger partial charge is 0.0992 e. The average molecular weight is 381 g/mol. The monoisotopic (exact) mass is 380 g/mol. The number of unbranched alkanes of at least 4 members (excludes halogenated alkanes) is 21. The van der Waals surface area contributed by atoms with E-state index in [0.29, 0.717) is 0 Å². The van der Waals surface area contributed by atoms with Gasteiger partial charge in [0, 0.05) is 6.42 Å². The Balaban J connectivity index is 2.97. The Bertz CT molecular complexity index is 299. The molecule has 0 aromatic heterocycles. The normalized spacial score (nSPS) is 10.7. The third kappa shape index (κ3) is 24.0. The van der Waals surface area contributed by atoms with E-state index in [1.54, 1.807) is 0 Å². The number of hydrogen-bond donors (Lipinski definition) is 0. The molecule has 0 nitrogen and oxygen atoms in total. The molecule has 0 radical (unpaired) electrons. The molecule has 0 N–H and O–H groups in total. The van der Waals surface area contributed by atoms with Crippen LogP contribution in [0.25, 0.3) is 0 Å². The topological polar surface area (TPSA) is 0 Å². The van der Waals surface area contributed by atoms with Gasteiger partial charge in [0.2, 0.25) is 0 Å². The summed E-state index contributed by atoms with van der Waals surface area (Å²) in [5.74, 6) is 3.12. The minimum Gasteiger partial charge on any atom is -0.0992 e. The van der Waals surface area contributed by atoms with Crippen molar-refractivity contribution in [2.75, 3.05) is 0 Å². The summed E-state index contributed by atoms with van der Waals surface area (Å²) in [5.41, 5.74) is 2.90. The van der Waals surface area contributed by atoms with Crippen LogP contribution in [0.1, 0.15) is 148 Å². The molecule has 0 aromatic carbocycles. The van der Waals surface area contributed by atoms with Crippen molar-refractivity contribution in [3.8, 4) is 11.6 Å². The molecule has 26 heavy (non-hydrogen) atoms. The fraction of sp³-hybridized carbons (Fsp3) is 0.920. The second-order valence-electron chi connectivity index (χ2n) is 8.14. The molecule has 0 aliphatic rings. The molecule has 0 aliphatic carbocycles. The van der Waals surface area contributed by atoms with Crippen LogP contribution in [-0.2, 0) is 0 Å². The lowest BCUT2D eigenvalue weighted by Gasteiger charge is -2.04. The molecule has 0 spiro atoms. The molecule has 0 fully saturated rings. The fourth-order valence-electron chi connectivity index (χ4n) is 3.72. The summed E-state index contributed by atoms with van der Waals surface area (Å²) in [5, 5.41) is 0. The highest BCUT2D eigenvalue weighted by Crippen LogP contribution is 2.15. The van der Waals surface area contributed by atoms with Gasteiger partial charge in [-0.25, -0.2) is 0 Å². The van der Waals surface area contributed by atoms with Crippen molar-refractivity contribution in [3.05, 3.63) is 0 Å². The van der Waals surface area contributed by atoms with Gasteiger partial charge < -0.3 is 0 Å². The van der Waals surface area contributed by atoms with Crippen molar-refractivity contribution < 1.29 is 0 Å². The summed E-state index contributed by atoms with van der Waals surface area (Å²) in [6.45, 7) is 2.30. The van der Waals surface area contributed by atoms with Crippen LogP contribution < -0.4 is 0 Å². The van der Waals surface area contributed by atoms with E-state index in [0.717, 1.165) is 6.42 Å². The Labute approximate surface area is 169 Å². The van der Waals surface area contributed by atoms with Crippen molar-refractivity contribution >= 4 is 9.24 Å². The summed E-state index contributed by atoms with van der Waals surface area (Å²) in [4.78, 5) is 0. The Morgan fingerprint density at radius 3 is 0.962 bits per heavy atom. The van der Waals surface area contributed by atoms with Crippen molar-refractivity contribution in [2.24, 2.45) is 0 Å². The average Bonchev–Trinajstić information content (AvgIpc) is 2.66. The predicted molar refractivity (Wildman–Crippen MR) is 125 cm³/mol. The number of rotatable bonds is 21. The van der Waals surface area contributed by atoms with E-state index in [9.17, 15) is 0 Å². The van der Waals surface area contributed by atoms with E-state index in [1.807, 2.05) is 0 Å². The summed E-state index contributed by atoms with van der Waals surface area (Å²) >= 11 is 0. The highest BCUT2D eigenvalue weighted by Gasteiger charge is 1.95. The van der Waals surface area contributed by atoms with E-state index < -0.39 is 0 Å². The van der Waals surface area contributed by atoms with Gasteiger partial charge in [0.1, 0.15) is 0 Å². The van der Waals surface area contributed by atoms with Gasteiger partial charge in [0.05, 0.1) is 0 Å². The van der Waals surface area contributed by atoms with Gasteiger partial charge >= 0.3 is 0 Å². The molecule has 0 heterocycles. The zero-order valence-corrected chi connectivity index (χ0v) is 19.3. The van der Waals surface area contributed by atoms with E-state index in [2.05, 4.69) is 27.7 Å². The van der Waals surface area contributed by atoms with Gasteiger partial charge in [-0.05, 0) is 6.42 Å². The van der Waals surface area contributed by atoms with Crippen molar-refractivity contribution in [2.45, 2.75) is 148 Å². The maximum absolute atomic E-state index is 3.12. The lowest BCUT2D eigenvalue weighted by Crippen LogP contribution is -1.84. The third-order valence-corrected chi connectivity index (χ3v) is 5.71. The van der Waals surface area contributed by atoms with Crippen molar-refractivity contribution in [3.63, 3.8) is 0 Å². The molecule has 0 amide bonds. The summed E-state index contributed by atoms with van der Waals surface area (Å²) in [6.07, 6.45) is 31.5. The first-order valence-electron chi connectivity index (χ1n) is 12.1. The molecule has 154 valence electrons. The second-order valence-corrected chi connectivity index (χ2v) is 8.43. The molecule has 0 aliphatic heterocycles. The van der Waals surface area contributed by atoms with Crippen molar-refractivity contribution in [1.29, 1.82) is 0 Å². The highest BCUT2D eigenvalue weighted by atomic mass is 31.0. The second kappa shape index (κ2) is 25.0. The summed E-state index contributed by atoms with van der Waals surface area (Å²) in [7, 11) is 2.48. The lowest BCUT2D eigenvalue weighted by atomic mass is 10.0. The van der Waals surface area contributed by atoms with Gasteiger partial charge in [0.15, 0.2) is 0 Å². The van der Waals surface area contributed by atoms with E-state index in [-0.39, 0.29) is 0 Å². The Hall–Kier alpha value is -0.0100. The molecule has 1 heteroatoms. The van der Waals surface area contributed by atoms with Crippen LogP contribution in [0.5, 0.6) is 0 Å². The fourth-order valence-corrected chi connectivity index (χ4v) is 3.86. The molecule has 1 atom stereocenters. The number of hydrogen-bond acceptors (Lipinski definition) is 0. The minimum absolute atomic E-state index is 1.09. The van der Waals surface area contributed by atoms with Crippen LogP contribution in [0.3, 0.4) is 0 Å². The molecular formula is C25H49P. The van der Waals surface area contributed by atoms with E-state index >= 15 is 0 Å². The lowest BCUT2D eigenvalue weighted by molar-refractivity contribution is 0.520. The van der Waals surface area contributed by atoms with Crippen LogP contribution in [0, 0.1) is 11.6 Å². The third-order valence-electron chi connectivity index (χ3n) is 5.51. The summed E-state index contributed by atoms with van der Waals surface area (Å²) in [6, 6.07) is 0.